The van der Waals surface area contributed by atoms with Crippen LogP contribution in [0.5, 0.6) is 0 Å². The summed E-state index contributed by atoms with van der Waals surface area (Å²) < 4.78 is 50.1. The van der Waals surface area contributed by atoms with E-state index in [1.807, 2.05) is 0 Å². The first-order valence-electron chi connectivity index (χ1n) is 6.74. The Morgan fingerprint density at radius 2 is 1.67 bits per heavy atom. The van der Waals surface area contributed by atoms with Gasteiger partial charge in [0.05, 0.1) is 0 Å². The first-order chi connectivity index (χ1) is 9.81. The highest BCUT2D eigenvalue weighted by Crippen LogP contribution is 2.39. The number of rotatable bonds is 3. The Morgan fingerprint density at radius 3 is 2.14 bits per heavy atom. The van der Waals surface area contributed by atoms with Gasteiger partial charge in [-0.05, 0) is 25.0 Å². The zero-order chi connectivity index (χ0) is 15.7. The van der Waals surface area contributed by atoms with Crippen LogP contribution in [-0.2, 0) is 14.6 Å². The molecule has 1 aromatic rings. The molecule has 0 aliphatic heterocycles. The van der Waals surface area contributed by atoms with Crippen LogP contribution in [0.4, 0.5) is 8.78 Å². The van der Waals surface area contributed by atoms with Crippen LogP contribution in [0, 0.1) is 11.6 Å². The van der Waals surface area contributed by atoms with Crippen molar-refractivity contribution in [3.05, 3.63) is 29.8 Å². The standard InChI is InChI=1S/C14H16F2O4S/c15-10-5-6-12(11(16)9-10)21(19,20)14(13(17)18)7-3-1-2-4-8-14/h5-6,9H,1-4,7-8H2,(H,17,18). The Balaban J connectivity index is 2.59. The molecule has 7 heteroatoms. The molecule has 1 aromatic carbocycles. The zero-order valence-corrected chi connectivity index (χ0v) is 12.1. The Kier molecular flexibility index (Phi) is 4.32. The van der Waals surface area contributed by atoms with Crippen LogP contribution in [-0.4, -0.2) is 24.2 Å². The quantitative estimate of drug-likeness (QED) is 0.687. The molecule has 1 aliphatic rings. The molecule has 116 valence electrons. The van der Waals surface area contributed by atoms with Gasteiger partial charge in [-0.15, -0.1) is 0 Å². The fraction of sp³-hybridized carbons (Fsp3) is 0.500. The number of hydrogen-bond donors (Lipinski definition) is 1. The third-order valence-electron chi connectivity index (χ3n) is 4.00. The fourth-order valence-corrected chi connectivity index (χ4v) is 4.84. The first-order valence-corrected chi connectivity index (χ1v) is 8.23. The molecular formula is C14H16F2O4S. The first kappa shape index (κ1) is 15.9. The molecule has 0 saturated heterocycles. The van der Waals surface area contributed by atoms with Gasteiger partial charge in [-0.1, -0.05) is 25.7 Å². The second-order valence-corrected chi connectivity index (χ2v) is 7.52. The average molecular weight is 318 g/mol. The van der Waals surface area contributed by atoms with Crippen molar-refractivity contribution < 1.29 is 27.1 Å². The number of sulfone groups is 1. The molecule has 0 aromatic heterocycles. The molecule has 1 fully saturated rings. The summed E-state index contributed by atoms with van der Waals surface area (Å²) >= 11 is 0. The van der Waals surface area contributed by atoms with Crippen molar-refractivity contribution >= 4 is 15.8 Å². The van der Waals surface area contributed by atoms with Crippen molar-refractivity contribution in [1.29, 1.82) is 0 Å². The van der Waals surface area contributed by atoms with E-state index in [2.05, 4.69) is 0 Å². The third kappa shape index (κ3) is 2.66. The van der Waals surface area contributed by atoms with E-state index >= 15 is 0 Å². The maximum Gasteiger partial charge on any atom is 0.325 e. The predicted octanol–water partition coefficient (Wildman–Crippen LogP) is 2.92. The van der Waals surface area contributed by atoms with Crippen molar-refractivity contribution in [2.45, 2.75) is 48.2 Å². The second kappa shape index (κ2) is 5.71. The van der Waals surface area contributed by atoms with Crippen molar-refractivity contribution in [3.63, 3.8) is 0 Å². The monoisotopic (exact) mass is 318 g/mol. The molecule has 21 heavy (non-hydrogen) atoms. The Labute approximate surface area is 121 Å². The lowest BCUT2D eigenvalue weighted by Gasteiger charge is -2.28. The summed E-state index contributed by atoms with van der Waals surface area (Å²) in [6.45, 7) is 0. The van der Waals surface area contributed by atoms with Gasteiger partial charge in [-0.3, -0.25) is 4.79 Å². The highest BCUT2D eigenvalue weighted by atomic mass is 32.2. The number of halogens is 2. The summed E-state index contributed by atoms with van der Waals surface area (Å²) in [5.41, 5.74) is 0. The molecule has 0 amide bonds. The van der Waals surface area contributed by atoms with Gasteiger partial charge in [0.15, 0.2) is 14.6 Å². The molecule has 0 radical (unpaired) electrons. The Bertz CT molecular complexity index is 647. The highest BCUT2D eigenvalue weighted by molar-refractivity contribution is 7.93. The van der Waals surface area contributed by atoms with Gasteiger partial charge in [-0.25, -0.2) is 17.2 Å². The molecule has 1 saturated carbocycles. The summed E-state index contributed by atoms with van der Waals surface area (Å²) in [5, 5.41) is 9.48. The molecule has 0 spiro atoms. The van der Waals surface area contributed by atoms with Gasteiger partial charge in [-0.2, -0.15) is 0 Å². The molecule has 1 aliphatic carbocycles. The Morgan fingerprint density at radius 1 is 1.10 bits per heavy atom. The number of benzene rings is 1. The van der Waals surface area contributed by atoms with Crippen LogP contribution in [0.25, 0.3) is 0 Å². The molecule has 0 unspecified atom stereocenters. The van der Waals surface area contributed by atoms with E-state index in [0.29, 0.717) is 18.9 Å². The van der Waals surface area contributed by atoms with Gasteiger partial charge in [0.25, 0.3) is 0 Å². The van der Waals surface area contributed by atoms with Crippen LogP contribution < -0.4 is 0 Å². The number of carboxylic acids is 1. The number of aliphatic carboxylic acids is 1. The van der Waals surface area contributed by atoms with E-state index in [1.54, 1.807) is 0 Å². The third-order valence-corrected chi connectivity index (χ3v) is 6.52. The van der Waals surface area contributed by atoms with Crippen molar-refractivity contribution in [1.82, 2.24) is 0 Å². The smallest absolute Gasteiger partial charge is 0.325 e. The minimum Gasteiger partial charge on any atom is -0.480 e. The predicted molar refractivity (Wildman–Crippen MR) is 71.6 cm³/mol. The lowest BCUT2D eigenvalue weighted by molar-refractivity contribution is -0.140. The lowest BCUT2D eigenvalue weighted by atomic mass is 9.99. The van der Waals surface area contributed by atoms with Crippen LogP contribution in [0.3, 0.4) is 0 Å². The minimum absolute atomic E-state index is 0.0541. The highest BCUT2D eigenvalue weighted by Gasteiger charge is 2.52. The molecule has 0 bridgehead atoms. The maximum absolute atomic E-state index is 13.8. The molecule has 0 atom stereocenters. The second-order valence-electron chi connectivity index (χ2n) is 5.29. The van der Waals surface area contributed by atoms with Crippen molar-refractivity contribution in [3.8, 4) is 0 Å². The SMILES string of the molecule is O=C(O)C1(S(=O)(=O)c2ccc(F)cc2F)CCCCCC1. The van der Waals surface area contributed by atoms with Crippen LogP contribution >= 0.6 is 0 Å². The molecular weight excluding hydrogens is 302 g/mol. The molecule has 0 heterocycles. The van der Waals surface area contributed by atoms with Crippen molar-refractivity contribution in [2.75, 3.05) is 0 Å². The normalized spacial score (nSPS) is 19.0. The summed E-state index contributed by atoms with van der Waals surface area (Å²) in [5.74, 6) is -3.62. The molecule has 4 nitrogen and oxygen atoms in total. The van der Waals surface area contributed by atoms with E-state index in [4.69, 9.17) is 0 Å². The van der Waals surface area contributed by atoms with Gasteiger partial charge >= 0.3 is 5.97 Å². The van der Waals surface area contributed by atoms with Gasteiger partial charge in [0.1, 0.15) is 16.5 Å². The van der Waals surface area contributed by atoms with E-state index < -0.39 is 37.1 Å². The average Bonchev–Trinajstić information content (AvgIpc) is 2.64. The minimum atomic E-state index is -4.43. The summed E-state index contributed by atoms with van der Waals surface area (Å²) in [6.07, 6.45) is 2.29. The van der Waals surface area contributed by atoms with E-state index in [1.165, 1.54) is 0 Å². The maximum atomic E-state index is 13.8. The topological polar surface area (TPSA) is 71.4 Å². The van der Waals surface area contributed by atoms with Gasteiger partial charge in [0.2, 0.25) is 0 Å². The summed E-state index contributed by atoms with van der Waals surface area (Å²) in [7, 11) is -4.43. The van der Waals surface area contributed by atoms with E-state index in [9.17, 15) is 27.1 Å². The molecule has 2 rings (SSSR count). The number of carbonyl (C=O) groups is 1. The summed E-state index contributed by atoms with van der Waals surface area (Å²) in [6, 6.07) is 2.08. The molecule has 1 N–H and O–H groups in total. The zero-order valence-electron chi connectivity index (χ0n) is 11.3. The largest absolute Gasteiger partial charge is 0.480 e. The fourth-order valence-electron chi connectivity index (χ4n) is 2.80. The lowest BCUT2D eigenvalue weighted by Crippen LogP contribution is -2.46. The van der Waals surface area contributed by atoms with E-state index in [-0.39, 0.29) is 12.8 Å². The number of carboxylic acid groups (broad SMARTS) is 1. The van der Waals surface area contributed by atoms with Gasteiger partial charge in [0, 0.05) is 6.07 Å². The van der Waals surface area contributed by atoms with Gasteiger partial charge < -0.3 is 5.11 Å². The summed E-state index contributed by atoms with van der Waals surface area (Å²) in [4.78, 5) is 10.9. The van der Waals surface area contributed by atoms with Crippen LogP contribution in [0.1, 0.15) is 38.5 Å². The van der Waals surface area contributed by atoms with E-state index in [0.717, 1.165) is 25.0 Å². The Hall–Kier alpha value is -1.50. The van der Waals surface area contributed by atoms with Crippen molar-refractivity contribution in [2.24, 2.45) is 0 Å². The van der Waals surface area contributed by atoms with Crippen LogP contribution in [0.15, 0.2) is 23.1 Å². The number of hydrogen-bond acceptors (Lipinski definition) is 3. The van der Waals surface area contributed by atoms with Crippen LogP contribution in [0.2, 0.25) is 0 Å².